The van der Waals surface area contributed by atoms with E-state index < -0.39 is 5.97 Å². The lowest BCUT2D eigenvalue weighted by Crippen LogP contribution is -2.13. The normalized spacial score (nSPS) is 11.0. The highest BCUT2D eigenvalue weighted by Gasteiger charge is 2.12. The lowest BCUT2D eigenvalue weighted by atomic mass is 10.1. The van der Waals surface area contributed by atoms with Crippen molar-refractivity contribution in [2.75, 3.05) is 12.4 Å². The number of rotatable bonds is 6. The van der Waals surface area contributed by atoms with Crippen LogP contribution in [0.25, 0.3) is 0 Å². The first-order valence-electron chi connectivity index (χ1n) is 6.96. The first kappa shape index (κ1) is 16.3. The average molecular weight is 311 g/mol. The fourth-order valence-corrected chi connectivity index (χ4v) is 1.91. The molecule has 0 saturated heterocycles. The Labute approximate surface area is 134 Å². The van der Waals surface area contributed by atoms with E-state index in [1.165, 1.54) is 0 Å². The molecule has 0 bridgehead atoms. The number of aryl methyl sites for hydroxylation is 1. The maximum absolute atomic E-state index is 12.2. The van der Waals surface area contributed by atoms with E-state index in [2.05, 4.69) is 5.32 Å². The Hall–Kier alpha value is -3.08. The highest BCUT2D eigenvalue weighted by atomic mass is 16.5. The Morgan fingerprint density at radius 2 is 1.65 bits per heavy atom. The second-order valence-corrected chi connectivity index (χ2v) is 4.95. The Balaban J connectivity index is 2.21. The van der Waals surface area contributed by atoms with Gasteiger partial charge in [-0.25, -0.2) is 4.79 Å². The van der Waals surface area contributed by atoms with Gasteiger partial charge in [0.05, 0.1) is 7.11 Å². The number of ether oxygens (including phenoxy) is 1. The number of hydrogen-bond acceptors (Lipinski definition) is 4. The predicted molar refractivity (Wildman–Crippen MR) is 87.8 cm³/mol. The van der Waals surface area contributed by atoms with Crippen molar-refractivity contribution in [1.29, 1.82) is 0 Å². The summed E-state index contributed by atoms with van der Waals surface area (Å²) in [5.74, 6) is -0.920. The predicted octanol–water partition coefficient (Wildman–Crippen LogP) is 3.27. The number of benzene rings is 2. The lowest BCUT2D eigenvalue weighted by Gasteiger charge is -2.08. The van der Waals surface area contributed by atoms with E-state index >= 15 is 0 Å². The molecule has 0 atom stereocenters. The van der Waals surface area contributed by atoms with Crippen LogP contribution in [0.2, 0.25) is 0 Å². The van der Waals surface area contributed by atoms with E-state index in [9.17, 15) is 14.7 Å². The zero-order valence-electron chi connectivity index (χ0n) is 12.9. The van der Waals surface area contributed by atoms with Gasteiger partial charge < -0.3 is 15.2 Å². The van der Waals surface area contributed by atoms with Crippen LogP contribution in [-0.4, -0.2) is 24.0 Å². The quantitative estimate of drug-likeness (QED) is 0.632. The molecule has 0 aromatic heterocycles. The summed E-state index contributed by atoms with van der Waals surface area (Å²) in [5.41, 5.74) is 1.82. The first-order chi connectivity index (χ1) is 11.0. The molecule has 23 heavy (non-hydrogen) atoms. The van der Waals surface area contributed by atoms with Gasteiger partial charge in [0.2, 0.25) is 0 Å². The average Bonchev–Trinajstić information content (AvgIpc) is 2.55. The van der Waals surface area contributed by atoms with Gasteiger partial charge in [0.25, 0.3) is 0 Å². The molecule has 0 aliphatic carbocycles. The van der Waals surface area contributed by atoms with Gasteiger partial charge in [-0.2, -0.15) is 0 Å². The highest BCUT2D eigenvalue weighted by molar-refractivity contribution is 6.09. The molecular formula is C18H17NO4. The van der Waals surface area contributed by atoms with E-state index in [4.69, 9.17) is 4.74 Å². The van der Waals surface area contributed by atoms with Gasteiger partial charge in [-0.15, -0.1) is 0 Å². The van der Waals surface area contributed by atoms with Crippen molar-refractivity contribution in [3.05, 3.63) is 71.4 Å². The van der Waals surface area contributed by atoms with Gasteiger partial charge in [-0.3, -0.25) is 4.79 Å². The van der Waals surface area contributed by atoms with Crippen LogP contribution in [0, 0.1) is 6.92 Å². The van der Waals surface area contributed by atoms with E-state index in [1.807, 2.05) is 6.92 Å². The number of allylic oxidation sites excluding steroid dienone is 1. The molecule has 0 heterocycles. The fraction of sp³-hybridized carbons (Fsp3) is 0.111. The third-order valence-corrected chi connectivity index (χ3v) is 3.21. The van der Waals surface area contributed by atoms with E-state index in [0.717, 1.165) is 11.6 Å². The molecule has 0 fully saturated rings. The molecule has 118 valence electrons. The van der Waals surface area contributed by atoms with Crippen LogP contribution in [-0.2, 0) is 4.79 Å². The molecule has 0 unspecified atom stereocenters. The summed E-state index contributed by atoms with van der Waals surface area (Å²) < 4.78 is 5.04. The van der Waals surface area contributed by atoms with Gasteiger partial charge in [0, 0.05) is 17.3 Å². The minimum Gasteiger partial charge on any atom is -0.497 e. The monoisotopic (exact) mass is 311 g/mol. The number of methoxy groups -OCH3 is 1. The highest BCUT2D eigenvalue weighted by Crippen LogP contribution is 2.17. The number of hydrogen-bond donors (Lipinski definition) is 2. The number of nitrogens with one attached hydrogen (secondary N) is 1. The number of aliphatic carboxylic acids is 1. The summed E-state index contributed by atoms with van der Waals surface area (Å²) in [4.78, 5) is 23.5. The summed E-state index contributed by atoms with van der Waals surface area (Å²) in [5, 5.41) is 12.0. The van der Waals surface area contributed by atoms with Crippen molar-refractivity contribution in [2.45, 2.75) is 6.92 Å². The number of ketones is 1. The van der Waals surface area contributed by atoms with Crippen molar-refractivity contribution in [1.82, 2.24) is 0 Å². The van der Waals surface area contributed by atoms with Gasteiger partial charge >= 0.3 is 5.97 Å². The fourth-order valence-electron chi connectivity index (χ4n) is 1.91. The molecular weight excluding hydrogens is 294 g/mol. The van der Waals surface area contributed by atoms with Crippen LogP contribution in [0.4, 0.5) is 5.69 Å². The van der Waals surface area contributed by atoms with Crippen molar-refractivity contribution in [3.8, 4) is 5.75 Å². The molecule has 0 amide bonds. The van der Waals surface area contributed by atoms with Crippen LogP contribution in [0.15, 0.2) is 60.3 Å². The van der Waals surface area contributed by atoms with Crippen molar-refractivity contribution >= 4 is 17.4 Å². The van der Waals surface area contributed by atoms with Crippen LogP contribution < -0.4 is 10.1 Å². The van der Waals surface area contributed by atoms with Crippen LogP contribution in [0.1, 0.15) is 15.9 Å². The maximum Gasteiger partial charge on any atom is 0.352 e. The second-order valence-electron chi connectivity index (χ2n) is 4.95. The van der Waals surface area contributed by atoms with Crippen LogP contribution in [0.5, 0.6) is 5.75 Å². The molecule has 5 nitrogen and oxygen atoms in total. The van der Waals surface area contributed by atoms with E-state index in [-0.39, 0.29) is 11.5 Å². The van der Waals surface area contributed by atoms with Gasteiger partial charge in [0.15, 0.2) is 5.78 Å². The standard InChI is InChI=1S/C18H17NO4/c1-12-3-5-13(6-4-12)17(20)11-16(18(21)22)19-14-7-9-15(23-2)10-8-14/h3-11,19H,1-2H3,(H,21,22)/b16-11+. The summed E-state index contributed by atoms with van der Waals surface area (Å²) >= 11 is 0. The molecule has 0 spiro atoms. The van der Waals surface area contributed by atoms with E-state index in [1.54, 1.807) is 55.6 Å². The summed E-state index contributed by atoms with van der Waals surface area (Å²) in [6, 6.07) is 13.7. The number of carboxylic acids is 1. The molecule has 0 saturated carbocycles. The lowest BCUT2D eigenvalue weighted by molar-refractivity contribution is -0.132. The third kappa shape index (κ3) is 4.44. The van der Waals surface area contributed by atoms with Crippen molar-refractivity contribution in [2.24, 2.45) is 0 Å². The van der Waals surface area contributed by atoms with Crippen molar-refractivity contribution < 1.29 is 19.4 Å². The zero-order chi connectivity index (χ0) is 16.8. The zero-order valence-corrected chi connectivity index (χ0v) is 12.9. The van der Waals surface area contributed by atoms with Gasteiger partial charge in [0.1, 0.15) is 11.4 Å². The summed E-state index contributed by atoms with van der Waals surface area (Å²) in [6.45, 7) is 1.91. The third-order valence-electron chi connectivity index (χ3n) is 3.21. The number of carbonyl (C=O) groups excluding carboxylic acids is 1. The molecule has 0 radical (unpaired) electrons. The summed E-state index contributed by atoms with van der Waals surface area (Å²) in [7, 11) is 1.55. The van der Waals surface area contributed by atoms with Gasteiger partial charge in [-0.05, 0) is 31.2 Å². The van der Waals surface area contributed by atoms with E-state index in [0.29, 0.717) is 17.0 Å². The smallest absolute Gasteiger partial charge is 0.352 e. The molecule has 5 heteroatoms. The van der Waals surface area contributed by atoms with Crippen LogP contribution >= 0.6 is 0 Å². The largest absolute Gasteiger partial charge is 0.497 e. The van der Waals surface area contributed by atoms with Crippen molar-refractivity contribution in [3.63, 3.8) is 0 Å². The van der Waals surface area contributed by atoms with Crippen LogP contribution in [0.3, 0.4) is 0 Å². The Morgan fingerprint density at radius 3 is 2.17 bits per heavy atom. The Kier molecular flexibility index (Phi) is 5.15. The Bertz CT molecular complexity index is 731. The minimum atomic E-state index is -1.21. The topological polar surface area (TPSA) is 75.6 Å². The number of anilines is 1. The number of carboxylic acid groups (broad SMARTS) is 1. The second kappa shape index (κ2) is 7.26. The molecule has 2 aromatic carbocycles. The summed E-state index contributed by atoms with van der Waals surface area (Å²) in [6.07, 6.45) is 1.08. The number of carbonyl (C=O) groups is 2. The Morgan fingerprint density at radius 1 is 1.04 bits per heavy atom. The van der Waals surface area contributed by atoms with Gasteiger partial charge in [-0.1, -0.05) is 29.8 Å². The molecule has 0 aliphatic rings. The molecule has 2 N–H and O–H groups in total. The molecule has 0 aliphatic heterocycles. The molecule has 2 aromatic rings. The molecule has 2 rings (SSSR count). The first-order valence-corrected chi connectivity index (χ1v) is 6.96. The maximum atomic E-state index is 12.2. The SMILES string of the molecule is COc1ccc(N/C(=C/C(=O)c2ccc(C)cc2)C(=O)O)cc1. The minimum absolute atomic E-state index is 0.194.